The average Bonchev–Trinajstić information content (AvgIpc) is 1.57. The van der Waals surface area contributed by atoms with Gasteiger partial charge in [0.1, 0.15) is 45.4 Å². The van der Waals surface area contributed by atoms with Crippen LogP contribution in [-0.4, -0.2) is 24.2 Å². The van der Waals surface area contributed by atoms with Crippen LogP contribution in [0.25, 0.3) is 123 Å². The Balaban J connectivity index is 0.800. The second-order valence-corrected chi connectivity index (χ2v) is 40.4. The molecule has 0 N–H and O–H groups in total. The zero-order chi connectivity index (χ0) is 64.7. The summed E-state index contributed by atoms with van der Waals surface area (Å²) >= 11 is 0. The third-order valence-electron chi connectivity index (χ3n) is 21.0. The van der Waals surface area contributed by atoms with Gasteiger partial charge in [0.2, 0.25) is 17.1 Å². The van der Waals surface area contributed by atoms with Crippen LogP contribution in [-0.2, 0) is 21.1 Å². The Morgan fingerprint density at radius 1 is 0.280 bits per heavy atom. The Labute approximate surface area is 549 Å². The van der Waals surface area contributed by atoms with E-state index < -0.39 is 24.2 Å². The van der Waals surface area contributed by atoms with Crippen LogP contribution in [0.1, 0.15) is 33.4 Å². The summed E-state index contributed by atoms with van der Waals surface area (Å²) in [5.41, 5.74) is 31.3. The van der Waals surface area contributed by atoms with Crippen LogP contribution in [0.4, 0.5) is 0 Å². The van der Waals surface area contributed by atoms with E-state index in [-0.39, 0.29) is 0 Å². The number of rotatable bonds is 8. The van der Waals surface area contributed by atoms with Crippen LogP contribution in [0.15, 0.2) is 213 Å². The fourth-order valence-electron chi connectivity index (χ4n) is 16.4. The van der Waals surface area contributed by atoms with Crippen LogP contribution < -0.4 is 44.8 Å². The number of nitriles is 3. The van der Waals surface area contributed by atoms with Crippen LogP contribution in [0, 0.1) is 54.8 Å². The molecule has 6 nitrogen and oxygen atoms in total. The first-order chi connectivity index (χ1) is 44.7. The Kier molecular flexibility index (Phi) is 13.7. The van der Waals surface area contributed by atoms with E-state index in [1.807, 2.05) is 12.1 Å². The highest BCUT2D eigenvalue weighted by Crippen LogP contribution is 2.45. The highest BCUT2D eigenvalue weighted by atomic mass is 28.3. The maximum Gasteiger partial charge on any atom is 0.213 e. The lowest BCUT2D eigenvalue weighted by Crippen LogP contribution is -2.52. The van der Waals surface area contributed by atoms with Gasteiger partial charge in [-0.05, 0) is 188 Å². The van der Waals surface area contributed by atoms with Gasteiger partial charge in [0.15, 0.2) is 18.6 Å². The summed E-state index contributed by atoms with van der Waals surface area (Å²) in [5, 5.41) is 40.3. The summed E-state index contributed by atoms with van der Waals surface area (Å²) in [4.78, 5) is 0. The molecule has 0 radical (unpaired) electrons. The number of hydrogen-bond acceptors (Lipinski definition) is 3. The lowest BCUT2D eigenvalue weighted by molar-refractivity contribution is -0.660. The Morgan fingerprint density at radius 2 is 0.699 bits per heavy atom. The summed E-state index contributed by atoms with van der Waals surface area (Å²) in [7, 11) is -0.713. The molecule has 93 heavy (non-hydrogen) atoms. The zero-order valence-corrected chi connectivity index (χ0v) is 57.9. The summed E-state index contributed by atoms with van der Waals surface area (Å²) in [6.07, 6.45) is 6.57. The molecule has 9 aromatic carbocycles. The first-order valence-corrected chi connectivity index (χ1v) is 41.2. The van der Waals surface area contributed by atoms with Crippen LogP contribution in [0.5, 0.6) is 0 Å². The van der Waals surface area contributed by atoms with E-state index in [0.29, 0.717) is 5.56 Å². The maximum absolute atomic E-state index is 11.1. The Morgan fingerprint density at radius 3 is 1.24 bits per heavy atom. The van der Waals surface area contributed by atoms with E-state index in [1.54, 1.807) is 0 Å². The molecule has 0 fully saturated rings. The van der Waals surface area contributed by atoms with Gasteiger partial charge < -0.3 is 0 Å². The van der Waals surface area contributed by atoms with Crippen molar-refractivity contribution in [2.75, 3.05) is 0 Å². The number of benzene rings is 9. The van der Waals surface area contributed by atoms with Gasteiger partial charge in [0.25, 0.3) is 0 Å². The SMILES string of the molecule is Cc1ccc2c(c1-c1cc(-c3cccc(-c4ccc(C#N)c5c4-c4ccc(C)c(-c6cc(-c7ccccc7)cc[n+]6C)c4[Si]5(C)C)c3)cc[n+]1C)[Si](C)(C)c1cc(C#N)c(-c3cccc(-c4cc[n+](C)c(-c5c(C)ccc6c5[Si](C)(C)c5cccc(C#N)c5-6)c4)c3)cc1-2. The number of fused-ring (bicyclic) bond motifs is 9. The minimum atomic E-state index is -2.50. The van der Waals surface area contributed by atoms with Gasteiger partial charge in [0.05, 0.1) is 34.9 Å². The van der Waals surface area contributed by atoms with E-state index >= 15 is 0 Å². The van der Waals surface area contributed by atoms with Crippen molar-refractivity contribution >= 4 is 55.3 Å². The topological polar surface area (TPSA) is 83.0 Å². The molecule has 0 amide bonds. The van der Waals surface area contributed by atoms with Gasteiger partial charge in [0, 0.05) is 58.7 Å². The number of aromatic nitrogens is 3. The Hall–Kier alpha value is -10.4. The van der Waals surface area contributed by atoms with Gasteiger partial charge in [-0.3, -0.25) is 0 Å². The number of pyridine rings is 3. The van der Waals surface area contributed by atoms with Gasteiger partial charge >= 0.3 is 0 Å². The molecular weight excluding hydrogens is 1180 g/mol. The van der Waals surface area contributed by atoms with Crippen LogP contribution >= 0.6 is 0 Å². The molecule has 0 bridgehead atoms. The molecular formula is C84H71N6Si3+3. The second-order valence-electron chi connectivity index (χ2n) is 27.6. The first-order valence-electron chi connectivity index (χ1n) is 32.2. The van der Waals surface area contributed by atoms with Crippen molar-refractivity contribution in [1.29, 1.82) is 15.8 Å². The highest BCUT2D eigenvalue weighted by molar-refractivity contribution is 7.06. The van der Waals surface area contributed by atoms with Crippen molar-refractivity contribution in [3.63, 3.8) is 0 Å². The van der Waals surface area contributed by atoms with Crippen molar-refractivity contribution in [2.24, 2.45) is 21.1 Å². The van der Waals surface area contributed by atoms with Crippen LogP contribution in [0.2, 0.25) is 39.3 Å². The van der Waals surface area contributed by atoms with Crippen molar-refractivity contribution < 1.29 is 13.7 Å². The molecule has 446 valence electrons. The molecule has 0 saturated heterocycles. The lowest BCUT2D eigenvalue weighted by atomic mass is 9.89. The zero-order valence-electron chi connectivity index (χ0n) is 54.9. The van der Waals surface area contributed by atoms with E-state index in [4.69, 9.17) is 0 Å². The molecule has 6 heterocycles. The minimum Gasteiger partial charge on any atom is -0.201 e. The molecule has 3 aromatic heterocycles. The molecule has 12 aromatic rings. The van der Waals surface area contributed by atoms with Crippen molar-refractivity contribution in [1.82, 2.24) is 0 Å². The van der Waals surface area contributed by atoms with Gasteiger partial charge in [-0.15, -0.1) is 0 Å². The second kappa shape index (κ2) is 21.6. The van der Waals surface area contributed by atoms with Gasteiger partial charge in [-0.1, -0.05) is 161 Å². The predicted molar refractivity (Wildman–Crippen MR) is 388 cm³/mol. The largest absolute Gasteiger partial charge is 0.213 e. The summed E-state index contributed by atoms with van der Waals surface area (Å²) in [5.74, 6) is 0. The van der Waals surface area contributed by atoms with Crippen molar-refractivity contribution in [3.8, 4) is 141 Å². The standard InChI is InChI=1S/C84H71N6Si3/c1-51-27-31-66-70-47-69(61-24-17-22-56(42-61)59-37-40-90(6)73(45-59)77-52(2)28-32-67-79-62(48-85)25-18-26-74(79)91(7,8)83(67)77)64(50-87)46-75(70)92(9,10)82(66)76(51)72-44-58(36-39-89(72)5)55-21-16-23-60(41-55)65-34-30-63(49-86)81-80(65)68-33-29-53(3)78(84(68)93(81,11)12)71-43-57(35-38-88(71)4)54-19-14-13-15-20-54/h13-47H,1-12H3/q+3. The third-order valence-corrected chi connectivity index (χ3v) is 31.6. The maximum atomic E-state index is 11.1. The Bertz CT molecular complexity index is 5420. The summed E-state index contributed by atoms with van der Waals surface area (Å²) in [6.45, 7) is 21.4. The monoisotopic (exact) mass is 1250 g/mol. The lowest BCUT2D eigenvalue weighted by Gasteiger charge is -2.23. The smallest absolute Gasteiger partial charge is 0.201 e. The van der Waals surface area contributed by atoms with Gasteiger partial charge in [-0.2, -0.15) is 15.8 Å². The predicted octanol–water partition coefficient (Wildman–Crippen LogP) is 14.4. The fourth-order valence-corrected chi connectivity index (χ4v) is 27.2. The van der Waals surface area contributed by atoms with E-state index in [9.17, 15) is 15.8 Å². The molecule has 3 aliphatic rings. The average molecular weight is 1250 g/mol. The van der Waals surface area contributed by atoms with Crippen LogP contribution in [0.3, 0.4) is 0 Å². The van der Waals surface area contributed by atoms with E-state index in [1.165, 1.54) is 109 Å². The quantitative estimate of drug-likeness (QED) is 0.112. The summed E-state index contributed by atoms with van der Waals surface area (Å²) < 4.78 is 6.78. The van der Waals surface area contributed by atoms with E-state index in [2.05, 4.69) is 314 Å². The fraction of sp³-hybridized carbons (Fsp3) is 0.143. The van der Waals surface area contributed by atoms with Crippen molar-refractivity contribution in [3.05, 3.63) is 246 Å². The molecule has 9 heteroatoms. The number of nitrogens with zero attached hydrogens (tertiary/aromatic N) is 6. The molecule has 15 rings (SSSR count). The van der Waals surface area contributed by atoms with Gasteiger partial charge in [-0.25, -0.2) is 13.7 Å². The first kappa shape index (κ1) is 58.9. The van der Waals surface area contributed by atoms with Crippen molar-refractivity contribution in [2.45, 2.75) is 60.1 Å². The molecule has 0 atom stereocenters. The molecule has 0 spiro atoms. The third kappa shape index (κ3) is 8.92. The molecule has 0 saturated carbocycles. The summed E-state index contributed by atoms with van der Waals surface area (Å²) in [6, 6.07) is 78.7. The number of hydrogen-bond donors (Lipinski definition) is 0. The highest BCUT2D eigenvalue weighted by Gasteiger charge is 2.46. The minimum absolute atomic E-state index is 0.685. The number of aryl methyl sites for hydroxylation is 6. The molecule has 0 unspecified atom stereocenters. The molecule has 3 aliphatic heterocycles. The van der Waals surface area contributed by atoms with E-state index in [0.717, 1.165) is 72.6 Å². The molecule has 0 aliphatic carbocycles. The normalized spacial score (nSPS) is 13.8.